The van der Waals surface area contributed by atoms with E-state index >= 15 is 0 Å². The third-order valence-corrected chi connectivity index (χ3v) is 6.08. The van der Waals surface area contributed by atoms with Crippen molar-refractivity contribution in [1.29, 1.82) is 0 Å². The maximum atomic E-state index is 11.3. The van der Waals surface area contributed by atoms with Gasteiger partial charge in [0, 0.05) is 32.7 Å². The Morgan fingerprint density at radius 2 is 1.21 bits per heavy atom. The molecular weight excluding hydrogens is 412 g/mol. The first kappa shape index (κ1) is 22.8. The van der Waals surface area contributed by atoms with E-state index in [1.54, 1.807) is 0 Å². The van der Waals surface area contributed by atoms with Crippen LogP contribution in [0.5, 0.6) is 23.0 Å². The fraction of sp³-hybridized carbons (Fsp3) is 0.310. The topological polar surface area (TPSA) is 58.9 Å². The summed E-state index contributed by atoms with van der Waals surface area (Å²) in [5, 5.41) is 25.7. The van der Waals surface area contributed by atoms with Gasteiger partial charge < -0.3 is 19.7 Å². The highest BCUT2D eigenvalue weighted by molar-refractivity contribution is 6.05. The minimum atomic E-state index is 0.121. The normalized spacial score (nSPS) is 11.2. The zero-order chi connectivity index (χ0) is 23.4. The summed E-state index contributed by atoms with van der Waals surface area (Å²) >= 11 is 0. The molecule has 4 aromatic carbocycles. The van der Waals surface area contributed by atoms with Crippen molar-refractivity contribution in [2.24, 2.45) is 0 Å². The summed E-state index contributed by atoms with van der Waals surface area (Å²) in [6, 6.07) is 17.2. The highest BCUT2D eigenvalue weighted by Gasteiger charge is 2.20. The first-order chi connectivity index (χ1) is 16.1. The van der Waals surface area contributed by atoms with E-state index in [-0.39, 0.29) is 11.5 Å². The maximum Gasteiger partial charge on any atom is 0.131 e. The van der Waals surface area contributed by atoms with Gasteiger partial charge in [-0.25, -0.2) is 0 Å². The molecule has 0 aliphatic rings. The van der Waals surface area contributed by atoms with Gasteiger partial charge in [0.15, 0.2) is 0 Å². The van der Waals surface area contributed by atoms with Gasteiger partial charge in [-0.05, 0) is 37.5 Å². The van der Waals surface area contributed by atoms with Gasteiger partial charge in [-0.2, -0.15) is 0 Å². The van der Waals surface area contributed by atoms with Crippen molar-refractivity contribution in [2.75, 3.05) is 13.2 Å². The number of ether oxygens (including phenoxy) is 2. The molecular formula is C29H32O4. The molecule has 0 saturated carbocycles. The Labute approximate surface area is 195 Å². The van der Waals surface area contributed by atoms with Gasteiger partial charge >= 0.3 is 0 Å². The fourth-order valence-corrected chi connectivity index (χ4v) is 4.23. The second kappa shape index (κ2) is 10.0. The molecule has 0 spiro atoms. The SMILES string of the molecule is CCCCOc1cc(-c2cc(OCCCC)c3c(C)cccc3c2O)c(O)c2ccccc12. The molecule has 0 amide bonds. The number of benzene rings is 4. The Bertz CT molecular complexity index is 1280. The molecule has 0 unspecified atom stereocenters. The Morgan fingerprint density at radius 3 is 1.88 bits per heavy atom. The molecule has 0 bridgehead atoms. The number of fused-ring (bicyclic) bond motifs is 2. The monoisotopic (exact) mass is 444 g/mol. The van der Waals surface area contributed by atoms with Gasteiger partial charge in [0.1, 0.15) is 23.0 Å². The average Bonchev–Trinajstić information content (AvgIpc) is 2.83. The van der Waals surface area contributed by atoms with Crippen LogP contribution in [0.25, 0.3) is 32.7 Å². The molecule has 0 aromatic heterocycles. The summed E-state index contributed by atoms with van der Waals surface area (Å²) in [6.45, 7) is 7.46. The van der Waals surface area contributed by atoms with Crippen molar-refractivity contribution in [3.05, 3.63) is 60.2 Å². The Balaban J connectivity index is 1.95. The molecule has 0 radical (unpaired) electrons. The van der Waals surface area contributed by atoms with Crippen LogP contribution in [-0.2, 0) is 0 Å². The number of hydrogen-bond donors (Lipinski definition) is 2. The van der Waals surface area contributed by atoms with Crippen LogP contribution < -0.4 is 9.47 Å². The van der Waals surface area contributed by atoms with Crippen LogP contribution in [0.15, 0.2) is 54.6 Å². The van der Waals surface area contributed by atoms with Gasteiger partial charge in [-0.1, -0.05) is 69.2 Å². The van der Waals surface area contributed by atoms with Crippen LogP contribution in [0.1, 0.15) is 45.1 Å². The second-order valence-electron chi connectivity index (χ2n) is 8.49. The summed E-state index contributed by atoms with van der Waals surface area (Å²) in [7, 11) is 0. The van der Waals surface area contributed by atoms with Gasteiger partial charge in [0.05, 0.1) is 13.2 Å². The maximum absolute atomic E-state index is 11.3. The Morgan fingerprint density at radius 1 is 0.667 bits per heavy atom. The number of hydrogen-bond acceptors (Lipinski definition) is 4. The van der Waals surface area contributed by atoms with Gasteiger partial charge in [-0.15, -0.1) is 0 Å². The first-order valence-electron chi connectivity index (χ1n) is 11.8. The highest BCUT2D eigenvalue weighted by atomic mass is 16.5. The van der Waals surface area contributed by atoms with E-state index in [0.29, 0.717) is 46.6 Å². The number of aromatic hydroxyl groups is 2. The van der Waals surface area contributed by atoms with Crippen molar-refractivity contribution in [3.8, 4) is 34.1 Å². The lowest BCUT2D eigenvalue weighted by molar-refractivity contribution is 0.312. The third-order valence-electron chi connectivity index (χ3n) is 6.08. The molecule has 0 atom stereocenters. The quantitative estimate of drug-likeness (QED) is 0.259. The molecule has 4 nitrogen and oxygen atoms in total. The molecule has 0 heterocycles. The molecule has 4 rings (SSSR count). The lowest BCUT2D eigenvalue weighted by Crippen LogP contribution is -2.00. The van der Waals surface area contributed by atoms with Crippen LogP contribution in [0, 0.1) is 6.92 Å². The van der Waals surface area contributed by atoms with E-state index in [0.717, 1.165) is 42.0 Å². The summed E-state index contributed by atoms with van der Waals surface area (Å²) in [5.41, 5.74) is 2.09. The zero-order valence-electron chi connectivity index (χ0n) is 19.6. The Kier molecular flexibility index (Phi) is 6.93. The van der Waals surface area contributed by atoms with E-state index in [4.69, 9.17) is 9.47 Å². The van der Waals surface area contributed by atoms with Crippen molar-refractivity contribution in [1.82, 2.24) is 0 Å². The van der Waals surface area contributed by atoms with E-state index in [2.05, 4.69) is 13.8 Å². The van der Waals surface area contributed by atoms with E-state index in [1.165, 1.54) is 0 Å². The van der Waals surface area contributed by atoms with E-state index in [1.807, 2.05) is 61.5 Å². The minimum absolute atomic E-state index is 0.121. The summed E-state index contributed by atoms with van der Waals surface area (Å²) < 4.78 is 12.3. The van der Waals surface area contributed by atoms with Crippen LogP contribution in [-0.4, -0.2) is 23.4 Å². The van der Waals surface area contributed by atoms with Crippen LogP contribution >= 0.6 is 0 Å². The largest absolute Gasteiger partial charge is 0.507 e. The predicted molar refractivity (Wildman–Crippen MR) is 136 cm³/mol. The molecule has 0 aliphatic carbocycles. The van der Waals surface area contributed by atoms with E-state index in [9.17, 15) is 10.2 Å². The molecule has 172 valence electrons. The summed E-state index contributed by atoms with van der Waals surface area (Å²) in [4.78, 5) is 0. The summed E-state index contributed by atoms with van der Waals surface area (Å²) in [6.07, 6.45) is 3.96. The molecule has 0 aliphatic heterocycles. The molecule has 0 fully saturated rings. The fourth-order valence-electron chi connectivity index (χ4n) is 4.23. The molecule has 33 heavy (non-hydrogen) atoms. The number of unbranched alkanes of at least 4 members (excludes halogenated alkanes) is 2. The van der Waals surface area contributed by atoms with Crippen LogP contribution in [0.3, 0.4) is 0 Å². The third kappa shape index (κ3) is 4.43. The highest BCUT2D eigenvalue weighted by Crippen LogP contribution is 2.48. The minimum Gasteiger partial charge on any atom is -0.507 e. The molecule has 0 saturated heterocycles. The van der Waals surface area contributed by atoms with Gasteiger partial charge in [0.2, 0.25) is 0 Å². The lowest BCUT2D eigenvalue weighted by Gasteiger charge is -2.18. The smallest absolute Gasteiger partial charge is 0.131 e. The lowest BCUT2D eigenvalue weighted by atomic mass is 9.94. The molecule has 4 heteroatoms. The van der Waals surface area contributed by atoms with Crippen LogP contribution in [0.2, 0.25) is 0 Å². The van der Waals surface area contributed by atoms with Crippen LogP contribution in [0.4, 0.5) is 0 Å². The molecule has 4 aromatic rings. The number of phenols is 2. The summed E-state index contributed by atoms with van der Waals surface area (Å²) in [5.74, 6) is 1.66. The van der Waals surface area contributed by atoms with Gasteiger partial charge in [0.25, 0.3) is 0 Å². The Hall–Kier alpha value is -3.40. The number of aryl methyl sites for hydroxylation is 1. The van der Waals surface area contributed by atoms with Gasteiger partial charge in [-0.3, -0.25) is 0 Å². The standard InChI is InChI=1S/C29H32O4/c1-4-6-15-32-25-17-23(28(30)21-13-9-8-12-20(21)25)24-18-26(33-16-7-5-2)27-19(3)11-10-14-22(27)29(24)31/h8-14,17-18,30-31H,4-7,15-16H2,1-3H3. The zero-order valence-corrected chi connectivity index (χ0v) is 19.6. The van der Waals surface area contributed by atoms with Crippen molar-refractivity contribution in [3.63, 3.8) is 0 Å². The molecule has 2 N–H and O–H groups in total. The predicted octanol–water partition coefficient (Wildman–Crippen LogP) is 7.74. The average molecular weight is 445 g/mol. The van der Waals surface area contributed by atoms with Crippen molar-refractivity contribution < 1.29 is 19.7 Å². The first-order valence-corrected chi connectivity index (χ1v) is 11.8. The van der Waals surface area contributed by atoms with Crippen molar-refractivity contribution in [2.45, 2.75) is 46.5 Å². The second-order valence-corrected chi connectivity index (χ2v) is 8.49. The number of phenolic OH excluding ortho intramolecular Hbond substituents is 2. The van der Waals surface area contributed by atoms with Crippen molar-refractivity contribution >= 4 is 21.5 Å². The number of rotatable bonds is 9. The van der Waals surface area contributed by atoms with E-state index < -0.39 is 0 Å².